The minimum Gasteiger partial charge on any atom is -0.744 e. The zero-order chi connectivity index (χ0) is 26.1. The van der Waals surface area contributed by atoms with E-state index in [1.807, 2.05) is 24.3 Å². The van der Waals surface area contributed by atoms with E-state index in [2.05, 4.69) is 19.9 Å². The SMILES string of the molecule is CCCCCCCCCCCc1cc2ccccc2c(CCCCCCCCCCC)c1S(=O)(=O)[O-].[Na+]. The van der Waals surface area contributed by atoms with Gasteiger partial charge in [0.1, 0.15) is 10.1 Å². The average Bonchev–Trinajstić information content (AvgIpc) is 2.85. The topological polar surface area (TPSA) is 57.2 Å². The van der Waals surface area contributed by atoms with Crippen molar-refractivity contribution in [3.63, 3.8) is 0 Å². The molecule has 0 heterocycles. The molecular formula is C32H51NaO3S. The van der Waals surface area contributed by atoms with Crippen molar-refractivity contribution >= 4 is 20.9 Å². The molecule has 2 aromatic carbocycles. The Labute approximate surface area is 250 Å². The molecule has 0 aromatic heterocycles. The largest absolute Gasteiger partial charge is 1.00 e. The van der Waals surface area contributed by atoms with Gasteiger partial charge in [0.15, 0.2) is 0 Å². The molecule has 3 nitrogen and oxygen atoms in total. The molecule has 37 heavy (non-hydrogen) atoms. The van der Waals surface area contributed by atoms with Gasteiger partial charge in [-0.3, -0.25) is 0 Å². The summed E-state index contributed by atoms with van der Waals surface area (Å²) >= 11 is 0. The molecule has 0 unspecified atom stereocenters. The zero-order valence-electron chi connectivity index (χ0n) is 24.2. The third-order valence-corrected chi connectivity index (χ3v) is 8.52. The number of fused-ring (bicyclic) bond motifs is 1. The molecule has 0 aliphatic rings. The van der Waals surface area contributed by atoms with E-state index in [1.165, 1.54) is 89.9 Å². The maximum atomic E-state index is 12.5. The summed E-state index contributed by atoms with van der Waals surface area (Å²) in [5.74, 6) is 0. The van der Waals surface area contributed by atoms with Crippen molar-refractivity contribution in [2.24, 2.45) is 0 Å². The van der Waals surface area contributed by atoms with Crippen molar-refractivity contribution in [2.45, 2.75) is 147 Å². The molecule has 0 aliphatic heterocycles. The van der Waals surface area contributed by atoms with Crippen molar-refractivity contribution in [1.29, 1.82) is 0 Å². The van der Waals surface area contributed by atoms with Gasteiger partial charge >= 0.3 is 29.6 Å². The Kier molecular flexibility index (Phi) is 19.2. The standard InChI is InChI=1S/C32H52O3S.Na/c1-3-5-7-9-11-13-15-17-19-24-29-27-28-23-21-22-25-30(28)31(32(29)36(33,34)35)26-20-18-16-14-12-10-8-6-4-2;/h21-23,25,27H,3-20,24,26H2,1-2H3,(H,33,34,35);/q;+1/p-1. The van der Waals surface area contributed by atoms with Crippen LogP contribution >= 0.6 is 0 Å². The number of hydrogen-bond donors (Lipinski definition) is 0. The van der Waals surface area contributed by atoms with Crippen molar-refractivity contribution in [2.75, 3.05) is 0 Å². The molecule has 0 atom stereocenters. The van der Waals surface area contributed by atoms with Gasteiger partial charge in [0.2, 0.25) is 0 Å². The molecule has 0 N–H and O–H groups in total. The quantitative estimate of drug-likeness (QED) is 0.0987. The van der Waals surface area contributed by atoms with Gasteiger partial charge in [-0.1, -0.05) is 141 Å². The number of aryl methyl sites for hydroxylation is 2. The van der Waals surface area contributed by atoms with Crippen LogP contribution in [0.2, 0.25) is 0 Å². The summed E-state index contributed by atoms with van der Waals surface area (Å²) in [4.78, 5) is 0.0836. The van der Waals surface area contributed by atoms with Crippen LogP contribution in [0.3, 0.4) is 0 Å². The molecule has 0 saturated carbocycles. The van der Waals surface area contributed by atoms with Crippen LogP contribution in [0.1, 0.15) is 141 Å². The molecule has 2 aromatic rings. The molecule has 0 amide bonds. The number of hydrogen-bond acceptors (Lipinski definition) is 3. The van der Waals surface area contributed by atoms with Crippen molar-refractivity contribution in [3.8, 4) is 0 Å². The maximum absolute atomic E-state index is 12.5. The van der Waals surface area contributed by atoms with E-state index in [-0.39, 0.29) is 34.5 Å². The number of benzene rings is 2. The van der Waals surface area contributed by atoms with Crippen molar-refractivity contribution in [3.05, 3.63) is 41.5 Å². The predicted octanol–water partition coefficient (Wildman–Crippen LogP) is 6.89. The second-order valence-electron chi connectivity index (χ2n) is 10.7. The molecule has 0 bridgehead atoms. The smallest absolute Gasteiger partial charge is 0.744 e. The number of rotatable bonds is 21. The molecule has 0 saturated heterocycles. The van der Waals surface area contributed by atoms with Gasteiger partial charge in [0, 0.05) is 0 Å². The number of unbranched alkanes of at least 4 members (excludes halogenated alkanes) is 16. The average molecular weight is 539 g/mol. The summed E-state index contributed by atoms with van der Waals surface area (Å²) < 4.78 is 37.5. The Morgan fingerprint density at radius 3 is 1.54 bits per heavy atom. The van der Waals surface area contributed by atoms with Crippen LogP contribution in [-0.2, 0) is 23.0 Å². The van der Waals surface area contributed by atoms with Crippen molar-refractivity contribution in [1.82, 2.24) is 0 Å². The molecule has 204 valence electrons. The Morgan fingerprint density at radius 2 is 1.05 bits per heavy atom. The molecule has 0 radical (unpaired) electrons. The summed E-state index contributed by atoms with van der Waals surface area (Å²) in [7, 11) is -4.53. The van der Waals surface area contributed by atoms with Crippen LogP contribution in [0.15, 0.2) is 35.2 Å². The molecule has 5 heteroatoms. The fraction of sp³-hybridized carbons (Fsp3) is 0.688. The van der Waals surface area contributed by atoms with Gasteiger partial charge < -0.3 is 4.55 Å². The Balaban J connectivity index is 0.00000684. The fourth-order valence-corrected chi connectivity index (χ4v) is 6.45. The second-order valence-corrected chi connectivity index (χ2v) is 12.0. The van der Waals surface area contributed by atoms with Crippen LogP contribution in [0.4, 0.5) is 0 Å². The monoisotopic (exact) mass is 538 g/mol. The van der Waals surface area contributed by atoms with E-state index in [1.54, 1.807) is 0 Å². The van der Waals surface area contributed by atoms with E-state index < -0.39 is 10.1 Å². The van der Waals surface area contributed by atoms with E-state index in [0.717, 1.165) is 47.6 Å². The van der Waals surface area contributed by atoms with Crippen LogP contribution in [-0.4, -0.2) is 13.0 Å². The van der Waals surface area contributed by atoms with E-state index in [4.69, 9.17) is 0 Å². The van der Waals surface area contributed by atoms with Crippen LogP contribution in [0.5, 0.6) is 0 Å². The third kappa shape index (κ3) is 13.5. The zero-order valence-corrected chi connectivity index (χ0v) is 27.0. The summed E-state index contributed by atoms with van der Waals surface area (Å²) in [6.07, 6.45) is 23.3. The van der Waals surface area contributed by atoms with E-state index >= 15 is 0 Å². The Hall–Kier alpha value is -0.390. The summed E-state index contributed by atoms with van der Waals surface area (Å²) in [6.45, 7) is 4.48. The van der Waals surface area contributed by atoms with Crippen LogP contribution in [0, 0.1) is 0 Å². The summed E-state index contributed by atoms with van der Waals surface area (Å²) in [5, 5.41) is 1.99. The first kappa shape index (κ1) is 34.6. The van der Waals surface area contributed by atoms with Crippen LogP contribution < -0.4 is 29.6 Å². The molecule has 0 aliphatic carbocycles. The normalized spacial score (nSPS) is 11.6. The molecule has 0 fully saturated rings. The van der Waals surface area contributed by atoms with E-state index in [0.29, 0.717) is 12.8 Å². The third-order valence-electron chi connectivity index (χ3n) is 7.51. The first-order valence-electron chi connectivity index (χ1n) is 15.0. The molecular weight excluding hydrogens is 487 g/mol. The van der Waals surface area contributed by atoms with Gasteiger partial charge in [-0.15, -0.1) is 0 Å². The maximum Gasteiger partial charge on any atom is 1.00 e. The van der Waals surface area contributed by atoms with Gasteiger partial charge in [-0.25, -0.2) is 8.42 Å². The van der Waals surface area contributed by atoms with Gasteiger partial charge in [0.05, 0.1) is 4.90 Å². The second kappa shape index (κ2) is 20.5. The molecule has 0 spiro atoms. The minimum atomic E-state index is -4.53. The van der Waals surface area contributed by atoms with Gasteiger partial charge in [-0.05, 0) is 53.6 Å². The first-order valence-corrected chi connectivity index (χ1v) is 16.4. The first-order chi connectivity index (χ1) is 17.5. The molecule has 2 rings (SSSR count). The Bertz CT molecular complexity index is 971. The minimum absolute atomic E-state index is 0. The van der Waals surface area contributed by atoms with Gasteiger partial charge in [-0.2, -0.15) is 0 Å². The predicted molar refractivity (Wildman–Crippen MR) is 154 cm³/mol. The van der Waals surface area contributed by atoms with E-state index in [9.17, 15) is 13.0 Å². The summed E-state index contributed by atoms with van der Waals surface area (Å²) in [5.41, 5.74) is 1.49. The van der Waals surface area contributed by atoms with Gasteiger partial charge in [0.25, 0.3) is 0 Å². The Morgan fingerprint density at radius 1 is 0.622 bits per heavy atom. The summed E-state index contributed by atoms with van der Waals surface area (Å²) in [6, 6.07) is 9.94. The van der Waals surface area contributed by atoms with Crippen LogP contribution in [0.25, 0.3) is 10.8 Å². The fourth-order valence-electron chi connectivity index (χ4n) is 5.45. The van der Waals surface area contributed by atoms with Crippen molar-refractivity contribution < 1.29 is 42.5 Å².